The first-order chi connectivity index (χ1) is 4.79. The molecule has 0 N–H and O–H groups in total. The maximum atomic E-state index is 5.24. The molecule has 1 rings (SSSR count). The lowest BCUT2D eigenvalue weighted by Crippen LogP contribution is -2.25. The zero-order valence-corrected chi connectivity index (χ0v) is 6.68. The SMILES string of the molecule is [CH2-]N(C)CC1CCOCC1. The van der Waals surface area contributed by atoms with Crippen LogP contribution < -0.4 is 0 Å². The van der Waals surface area contributed by atoms with Crippen LogP contribution in [0, 0.1) is 13.0 Å². The smallest absolute Gasteiger partial charge is 0.0469 e. The molecule has 0 spiro atoms. The fourth-order valence-corrected chi connectivity index (χ4v) is 1.37. The van der Waals surface area contributed by atoms with E-state index in [0.717, 1.165) is 25.7 Å². The minimum atomic E-state index is 0.816. The van der Waals surface area contributed by atoms with E-state index < -0.39 is 0 Å². The van der Waals surface area contributed by atoms with Gasteiger partial charge in [-0.1, -0.05) is 0 Å². The fraction of sp³-hybridized carbons (Fsp3) is 0.875. The number of hydrogen-bond donors (Lipinski definition) is 0. The topological polar surface area (TPSA) is 12.5 Å². The highest BCUT2D eigenvalue weighted by molar-refractivity contribution is 4.66. The summed E-state index contributed by atoms with van der Waals surface area (Å²) in [6.07, 6.45) is 2.42. The summed E-state index contributed by atoms with van der Waals surface area (Å²) in [6, 6.07) is 0. The first-order valence-corrected chi connectivity index (χ1v) is 3.88. The molecule has 0 atom stereocenters. The van der Waals surface area contributed by atoms with Crippen molar-refractivity contribution in [1.29, 1.82) is 0 Å². The van der Waals surface area contributed by atoms with Crippen molar-refractivity contribution in [1.82, 2.24) is 4.90 Å². The summed E-state index contributed by atoms with van der Waals surface area (Å²) in [5, 5.41) is 0. The van der Waals surface area contributed by atoms with E-state index in [0.29, 0.717) is 0 Å². The molecule has 0 aromatic rings. The molecule has 0 radical (unpaired) electrons. The van der Waals surface area contributed by atoms with Gasteiger partial charge in [0.1, 0.15) is 0 Å². The number of hydrogen-bond acceptors (Lipinski definition) is 2. The van der Waals surface area contributed by atoms with Gasteiger partial charge in [0.05, 0.1) is 0 Å². The zero-order chi connectivity index (χ0) is 7.40. The maximum absolute atomic E-state index is 5.24. The van der Waals surface area contributed by atoms with Crippen molar-refractivity contribution in [3.63, 3.8) is 0 Å². The van der Waals surface area contributed by atoms with Gasteiger partial charge in [0.15, 0.2) is 0 Å². The standard InChI is InChI=1S/C8H16NO/c1-9(2)7-8-3-5-10-6-4-8/h8H,1,3-7H2,2H3/q-1. The summed E-state index contributed by atoms with van der Waals surface area (Å²) >= 11 is 0. The Morgan fingerprint density at radius 2 is 2.10 bits per heavy atom. The predicted molar refractivity (Wildman–Crippen MR) is 41.5 cm³/mol. The Hall–Kier alpha value is -0.0800. The van der Waals surface area contributed by atoms with Gasteiger partial charge in [-0.2, -0.15) is 0 Å². The molecular formula is C8H16NO-. The van der Waals surface area contributed by atoms with Crippen molar-refractivity contribution in [2.45, 2.75) is 12.8 Å². The first kappa shape index (κ1) is 8.02. The Morgan fingerprint density at radius 3 is 2.60 bits per heavy atom. The van der Waals surface area contributed by atoms with E-state index >= 15 is 0 Å². The van der Waals surface area contributed by atoms with Gasteiger partial charge in [0.2, 0.25) is 0 Å². The van der Waals surface area contributed by atoms with Gasteiger partial charge in [-0.15, -0.1) is 0 Å². The van der Waals surface area contributed by atoms with Gasteiger partial charge in [-0.25, -0.2) is 0 Å². The Kier molecular flexibility index (Phi) is 3.16. The van der Waals surface area contributed by atoms with Crippen LogP contribution in [0.4, 0.5) is 0 Å². The van der Waals surface area contributed by atoms with Crippen LogP contribution in [0.15, 0.2) is 0 Å². The van der Waals surface area contributed by atoms with Crippen LogP contribution >= 0.6 is 0 Å². The van der Waals surface area contributed by atoms with Gasteiger partial charge < -0.3 is 9.64 Å². The van der Waals surface area contributed by atoms with E-state index in [9.17, 15) is 0 Å². The molecule has 1 fully saturated rings. The van der Waals surface area contributed by atoms with E-state index in [1.54, 1.807) is 0 Å². The van der Waals surface area contributed by atoms with Gasteiger partial charge in [-0.05, 0) is 32.4 Å². The van der Waals surface area contributed by atoms with Gasteiger partial charge in [0, 0.05) is 13.2 Å². The number of rotatable bonds is 2. The Balaban J connectivity index is 2.13. The molecule has 1 aliphatic heterocycles. The zero-order valence-electron chi connectivity index (χ0n) is 6.68. The van der Waals surface area contributed by atoms with E-state index in [2.05, 4.69) is 7.05 Å². The quantitative estimate of drug-likeness (QED) is 0.536. The van der Waals surface area contributed by atoms with E-state index in [-0.39, 0.29) is 0 Å². The summed E-state index contributed by atoms with van der Waals surface area (Å²) in [4.78, 5) is 2.01. The minimum Gasteiger partial charge on any atom is -0.462 e. The summed E-state index contributed by atoms with van der Waals surface area (Å²) in [6.45, 7) is 3.00. The van der Waals surface area contributed by atoms with Crippen LogP contribution in [0.1, 0.15) is 12.8 Å². The van der Waals surface area contributed by atoms with Crippen LogP contribution in [0.25, 0.3) is 0 Å². The average Bonchev–Trinajstić information content (AvgIpc) is 1.88. The molecule has 2 heteroatoms. The second kappa shape index (κ2) is 3.94. The van der Waals surface area contributed by atoms with Gasteiger partial charge in [-0.3, -0.25) is 7.05 Å². The van der Waals surface area contributed by atoms with Crippen LogP contribution in [0.2, 0.25) is 0 Å². The predicted octanol–water partition coefficient (Wildman–Crippen LogP) is 1.14. The second-order valence-corrected chi connectivity index (χ2v) is 3.09. The third kappa shape index (κ3) is 2.67. The third-order valence-corrected chi connectivity index (χ3v) is 1.91. The highest BCUT2D eigenvalue weighted by Crippen LogP contribution is 2.14. The van der Waals surface area contributed by atoms with Crippen molar-refractivity contribution >= 4 is 0 Å². The first-order valence-electron chi connectivity index (χ1n) is 3.88. The fourth-order valence-electron chi connectivity index (χ4n) is 1.37. The summed E-state index contributed by atoms with van der Waals surface area (Å²) in [5.74, 6) is 0.816. The lowest BCUT2D eigenvalue weighted by atomic mass is 10.0. The van der Waals surface area contributed by atoms with Crippen molar-refractivity contribution < 1.29 is 4.74 Å². The molecule has 0 amide bonds. The summed E-state index contributed by atoms with van der Waals surface area (Å²) < 4.78 is 5.24. The molecule has 1 aliphatic rings. The maximum Gasteiger partial charge on any atom is 0.0469 e. The largest absolute Gasteiger partial charge is 0.462 e. The molecule has 1 saturated heterocycles. The van der Waals surface area contributed by atoms with E-state index in [4.69, 9.17) is 4.74 Å². The Morgan fingerprint density at radius 1 is 1.50 bits per heavy atom. The molecule has 0 aromatic heterocycles. The molecule has 2 nitrogen and oxygen atoms in total. The van der Waals surface area contributed by atoms with Crippen LogP contribution in [0.3, 0.4) is 0 Å². The molecule has 10 heavy (non-hydrogen) atoms. The van der Waals surface area contributed by atoms with E-state index in [1.807, 2.05) is 11.9 Å². The molecule has 0 aliphatic carbocycles. The van der Waals surface area contributed by atoms with Crippen molar-refractivity contribution in [2.24, 2.45) is 5.92 Å². The van der Waals surface area contributed by atoms with Crippen LogP contribution in [-0.4, -0.2) is 31.7 Å². The van der Waals surface area contributed by atoms with Crippen LogP contribution in [0.5, 0.6) is 0 Å². The molecule has 0 bridgehead atoms. The summed E-state index contributed by atoms with van der Waals surface area (Å²) in [7, 11) is 5.85. The highest BCUT2D eigenvalue weighted by Gasteiger charge is 2.12. The summed E-state index contributed by atoms with van der Waals surface area (Å²) in [5.41, 5.74) is 0. The molecule has 0 unspecified atom stereocenters. The van der Waals surface area contributed by atoms with Crippen molar-refractivity contribution in [3.05, 3.63) is 7.05 Å². The molecule has 1 heterocycles. The lowest BCUT2D eigenvalue weighted by molar-refractivity contribution is 0.0596. The van der Waals surface area contributed by atoms with E-state index in [1.165, 1.54) is 12.8 Å². The Bertz CT molecular complexity index is 87.3. The molecule has 0 aromatic carbocycles. The van der Waals surface area contributed by atoms with Crippen molar-refractivity contribution in [3.8, 4) is 0 Å². The Labute approximate surface area is 63.2 Å². The second-order valence-electron chi connectivity index (χ2n) is 3.09. The number of ether oxygens (including phenoxy) is 1. The molecular weight excluding hydrogens is 126 g/mol. The molecule has 0 saturated carbocycles. The number of nitrogens with zero attached hydrogens (tertiary/aromatic N) is 1. The lowest BCUT2D eigenvalue weighted by Gasteiger charge is -2.28. The van der Waals surface area contributed by atoms with Crippen LogP contribution in [-0.2, 0) is 4.74 Å². The highest BCUT2D eigenvalue weighted by atomic mass is 16.5. The average molecular weight is 142 g/mol. The van der Waals surface area contributed by atoms with Gasteiger partial charge >= 0.3 is 0 Å². The molecule has 60 valence electrons. The van der Waals surface area contributed by atoms with Crippen molar-refractivity contribution in [2.75, 3.05) is 26.8 Å². The minimum absolute atomic E-state index is 0.816. The normalized spacial score (nSPS) is 21.9. The monoisotopic (exact) mass is 142 g/mol. The third-order valence-electron chi connectivity index (χ3n) is 1.91. The van der Waals surface area contributed by atoms with Gasteiger partial charge in [0.25, 0.3) is 0 Å².